The van der Waals surface area contributed by atoms with Crippen LogP contribution in [0, 0.1) is 5.92 Å². The molecule has 122 valence electrons. The van der Waals surface area contributed by atoms with Crippen LogP contribution in [0.5, 0.6) is 0 Å². The number of carbonyl (C=O) groups excluding carboxylic acids is 1. The van der Waals surface area contributed by atoms with Crippen LogP contribution in [0.2, 0.25) is 0 Å². The first-order valence-electron chi connectivity index (χ1n) is 8.40. The molecule has 0 aliphatic carbocycles. The molecule has 22 heavy (non-hydrogen) atoms. The Bertz CT molecular complexity index is 449. The Morgan fingerprint density at radius 2 is 2.14 bits per heavy atom. The number of benzene rings is 1. The van der Waals surface area contributed by atoms with Crippen LogP contribution in [0.15, 0.2) is 30.3 Å². The maximum atomic E-state index is 12.0. The van der Waals surface area contributed by atoms with Crippen molar-refractivity contribution in [3.05, 3.63) is 30.3 Å². The Morgan fingerprint density at radius 3 is 2.86 bits per heavy atom. The highest BCUT2D eigenvalue weighted by Crippen LogP contribution is 2.14. The smallest absolute Gasteiger partial charge is 0.234 e. The second-order valence-electron chi connectivity index (χ2n) is 6.44. The lowest BCUT2D eigenvalue weighted by Crippen LogP contribution is -2.42. The first-order chi connectivity index (χ1) is 10.6. The number of anilines is 1. The number of carbonyl (C=O) groups is 1. The molecule has 1 aromatic carbocycles. The number of hydrogen-bond acceptors (Lipinski definition) is 3. The standard InChI is InChI=1S/C18H29N3O/c1-16-8-6-13-21(14-16)15-18(22)19-11-7-12-20(2)17-9-4-3-5-10-17/h3-5,9-10,16H,6-8,11-15H2,1-2H3,(H,19,22). The molecule has 0 bridgehead atoms. The van der Waals surface area contributed by atoms with Crippen molar-refractivity contribution in [3.8, 4) is 0 Å². The zero-order valence-corrected chi connectivity index (χ0v) is 13.9. The van der Waals surface area contributed by atoms with E-state index in [1.165, 1.54) is 18.5 Å². The van der Waals surface area contributed by atoms with Gasteiger partial charge in [-0.25, -0.2) is 0 Å². The summed E-state index contributed by atoms with van der Waals surface area (Å²) in [7, 11) is 2.09. The lowest BCUT2D eigenvalue weighted by atomic mass is 10.0. The Labute approximate surface area is 134 Å². The minimum atomic E-state index is 0.163. The summed E-state index contributed by atoms with van der Waals surface area (Å²) in [6, 6.07) is 10.3. The predicted octanol–water partition coefficient (Wildman–Crippen LogP) is 2.36. The van der Waals surface area contributed by atoms with Crippen molar-refractivity contribution >= 4 is 11.6 Å². The average molecular weight is 303 g/mol. The molecule has 4 heteroatoms. The second kappa shape index (κ2) is 8.79. The number of rotatable bonds is 7. The van der Waals surface area contributed by atoms with E-state index in [1.54, 1.807) is 0 Å². The van der Waals surface area contributed by atoms with Gasteiger partial charge in [-0.2, -0.15) is 0 Å². The van der Waals surface area contributed by atoms with Crippen molar-refractivity contribution in [2.45, 2.75) is 26.2 Å². The zero-order valence-electron chi connectivity index (χ0n) is 13.9. The predicted molar refractivity (Wildman–Crippen MR) is 92.2 cm³/mol. The van der Waals surface area contributed by atoms with E-state index in [1.807, 2.05) is 18.2 Å². The zero-order chi connectivity index (χ0) is 15.8. The summed E-state index contributed by atoms with van der Waals surface area (Å²) in [6.45, 7) is 6.64. The van der Waals surface area contributed by atoms with E-state index < -0.39 is 0 Å². The molecule has 1 aliphatic heterocycles. The van der Waals surface area contributed by atoms with Crippen LogP contribution in [0.3, 0.4) is 0 Å². The molecule has 1 heterocycles. The second-order valence-corrected chi connectivity index (χ2v) is 6.44. The van der Waals surface area contributed by atoms with Crippen LogP contribution in [0.4, 0.5) is 5.69 Å². The van der Waals surface area contributed by atoms with Crippen LogP contribution in [-0.2, 0) is 4.79 Å². The van der Waals surface area contributed by atoms with Crippen LogP contribution in [-0.4, -0.2) is 50.6 Å². The first-order valence-corrected chi connectivity index (χ1v) is 8.40. The van der Waals surface area contributed by atoms with Gasteiger partial charge in [-0.1, -0.05) is 25.1 Å². The molecular weight excluding hydrogens is 274 g/mol. The molecule has 1 aliphatic rings. The molecule has 2 rings (SSSR count). The Morgan fingerprint density at radius 1 is 1.36 bits per heavy atom. The molecule has 1 fully saturated rings. The Hall–Kier alpha value is -1.55. The molecular formula is C18H29N3O. The highest BCUT2D eigenvalue weighted by molar-refractivity contribution is 5.77. The molecule has 0 saturated carbocycles. The van der Waals surface area contributed by atoms with Crippen molar-refractivity contribution < 1.29 is 4.79 Å². The number of para-hydroxylation sites is 1. The van der Waals surface area contributed by atoms with Gasteiger partial charge >= 0.3 is 0 Å². The van der Waals surface area contributed by atoms with Crippen LogP contribution < -0.4 is 10.2 Å². The molecule has 4 nitrogen and oxygen atoms in total. The molecule has 0 spiro atoms. The van der Waals surface area contributed by atoms with Crippen molar-refractivity contribution in [3.63, 3.8) is 0 Å². The quantitative estimate of drug-likeness (QED) is 0.786. The minimum Gasteiger partial charge on any atom is -0.375 e. The Kier molecular flexibility index (Phi) is 6.72. The van der Waals surface area contributed by atoms with Gasteiger partial charge in [-0.15, -0.1) is 0 Å². The van der Waals surface area contributed by atoms with Gasteiger partial charge < -0.3 is 10.2 Å². The fourth-order valence-electron chi connectivity index (χ4n) is 3.04. The normalized spacial score (nSPS) is 18.9. The van der Waals surface area contributed by atoms with Crippen molar-refractivity contribution in [1.29, 1.82) is 0 Å². The Balaban J connectivity index is 1.59. The fourth-order valence-corrected chi connectivity index (χ4v) is 3.04. The maximum Gasteiger partial charge on any atom is 0.234 e. The number of nitrogens with one attached hydrogen (secondary N) is 1. The lowest BCUT2D eigenvalue weighted by molar-refractivity contribution is -0.122. The van der Waals surface area contributed by atoms with Gasteiger partial charge in [0.1, 0.15) is 0 Å². The number of piperidine rings is 1. The van der Waals surface area contributed by atoms with E-state index in [-0.39, 0.29) is 5.91 Å². The third kappa shape index (κ3) is 5.68. The monoisotopic (exact) mass is 303 g/mol. The van der Waals surface area contributed by atoms with Crippen molar-refractivity contribution in [1.82, 2.24) is 10.2 Å². The van der Waals surface area contributed by atoms with Crippen molar-refractivity contribution in [2.24, 2.45) is 5.92 Å². The summed E-state index contributed by atoms with van der Waals surface area (Å²) in [5.41, 5.74) is 1.22. The largest absolute Gasteiger partial charge is 0.375 e. The van der Waals surface area contributed by atoms with E-state index in [9.17, 15) is 4.79 Å². The van der Waals surface area contributed by atoms with Gasteiger partial charge in [0.25, 0.3) is 0 Å². The summed E-state index contributed by atoms with van der Waals surface area (Å²) in [5, 5.41) is 3.04. The van der Waals surface area contributed by atoms with E-state index in [4.69, 9.17) is 0 Å². The molecule has 1 amide bonds. The van der Waals surface area contributed by atoms with Gasteiger partial charge in [0.05, 0.1) is 6.54 Å². The van der Waals surface area contributed by atoms with E-state index in [0.29, 0.717) is 6.54 Å². The van der Waals surface area contributed by atoms with E-state index in [0.717, 1.165) is 38.5 Å². The third-order valence-corrected chi connectivity index (χ3v) is 4.30. The van der Waals surface area contributed by atoms with Gasteiger partial charge in [0, 0.05) is 32.4 Å². The number of nitrogens with zero attached hydrogens (tertiary/aromatic N) is 2. The van der Waals surface area contributed by atoms with E-state index >= 15 is 0 Å². The molecule has 1 saturated heterocycles. The molecule has 0 aromatic heterocycles. The van der Waals surface area contributed by atoms with Gasteiger partial charge in [0.2, 0.25) is 5.91 Å². The topological polar surface area (TPSA) is 35.6 Å². The van der Waals surface area contributed by atoms with Gasteiger partial charge in [-0.3, -0.25) is 9.69 Å². The summed E-state index contributed by atoms with van der Waals surface area (Å²) < 4.78 is 0. The van der Waals surface area contributed by atoms with E-state index in [2.05, 4.69) is 41.2 Å². The minimum absolute atomic E-state index is 0.163. The lowest BCUT2D eigenvalue weighted by Gasteiger charge is -2.30. The molecule has 1 N–H and O–H groups in total. The maximum absolute atomic E-state index is 12.0. The van der Waals surface area contributed by atoms with Crippen LogP contribution >= 0.6 is 0 Å². The van der Waals surface area contributed by atoms with Gasteiger partial charge in [0.15, 0.2) is 0 Å². The molecule has 1 aromatic rings. The fraction of sp³-hybridized carbons (Fsp3) is 0.611. The number of amides is 1. The molecule has 1 atom stereocenters. The summed E-state index contributed by atoms with van der Waals surface area (Å²) in [5.74, 6) is 0.887. The average Bonchev–Trinajstić information content (AvgIpc) is 2.52. The van der Waals surface area contributed by atoms with Gasteiger partial charge in [-0.05, 0) is 43.9 Å². The summed E-state index contributed by atoms with van der Waals surface area (Å²) in [6.07, 6.45) is 3.48. The highest BCUT2D eigenvalue weighted by atomic mass is 16.2. The summed E-state index contributed by atoms with van der Waals surface area (Å²) >= 11 is 0. The number of likely N-dealkylation sites (tertiary alicyclic amines) is 1. The highest BCUT2D eigenvalue weighted by Gasteiger charge is 2.18. The van der Waals surface area contributed by atoms with Crippen LogP contribution in [0.1, 0.15) is 26.2 Å². The number of hydrogen-bond donors (Lipinski definition) is 1. The summed E-state index contributed by atoms with van der Waals surface area (Å²) in [4.78, 5) is 16.5. The molecule has 1 unspecified atom stereocenters. The van der Waals surface area contributed by atoms with Crippen molar-refractivity contribution in [2.75, 3.05) is 44.7 Å². The first kappa shape index (κ1) is 16.8. The third-order valence-electron chi connectivity index (χ3n) is 4.30. The molecule has 0 radical (unpaired) electrons. The van der Waals surface area contributed by atoms with Crippen LogP contribution in [0.25, 0.3) is 0 Å². The SMILES string of the molecule is CC1CCCN(CC(=O)NCCCN(C)c2ccccc2)C1.